The van der Waals surface area contributed by atoms with E-state index in [-0.39, 0.29) is 12.3 Å². The molecule has 0 saturated heterocycles. The summed E-state index contributed by atoms with van der Waals surface area (Å²) in [4.78, 5) is 59.0. The lowest BCUT2D eigenvalue weighted by molar-refractivity contribution is -0.143. The third kappa shape index (κ3) is 11.0. The van der Waals surface area contributed by atoms with Crippen LogP contribution in [-0.4, -0.2) is 87.8 Å². The Balaban J connectivity index is 5.11. The van der Waals surface area contributed by atoms with Crippen molar-refractivity contribution in [1.29, 1.82) is 0 Å². The molecular weight excluding hydrogens is 432 g/mol. The summed E-state index contributed by atoms with van der Waals surface area (Å²) < 4.78 is 0. The third-order valence-corrected chi connectivity index (χ3v) is 4.94. The van der Waals surface area contributed by atoms with E-state index in [2.05, 4.69) is 16.0 Å². The number of rotatable bonds is 15. The molecule has 3 amide bonds. The number of carboxylic acids is 2. The summed E-state index contributed by atoms with van der Waals surface area (Å²) in [5.41, 5.74) is 5.80. The van der Waals surface area contributed by atoms with Crippen molar-refractivity contribution >= 4 is 41.4 Å². The van der Waals surface area contributed by atoms with Crippen LogP contribution in [0.1, 0.15) is 33.1 Å². The number of aliphatic hydroxyl groups excluding tert-OH is 1. The average Bonchev–Trinajstić information content (AvgIpc) is 2.69. The van der Waals surface area contributed by atoms with Gasteiger partial charge in [-0.25, -0.2) is 4.79 Å². The number of thioether (sulfide) groups is 1. The van der Waals surface area contributed by atoms with Crippen molar-refractivity contribution in [2.45, 2.75) is 57.3 Å². The fourth-order valence-electron chi connectivity index (χ4n) is 2.42. The largest absolute Gasteiger partial charge is 0.481 e. The fourth-order valence-corrected chi connectivity index (χ4v) is 2.91. The summed E-state index contributed by atoms with van der Waals surface area (Å²) in [5.74, 6) is -4.70. The van der Waals surface area contributed by atoms with Gasteiger partial charge in [0.2, 0.25) is 17.7 Å². The highest BCUT2D eigenvalue weighted by Crippen LogP contribution is 2.06. The molecule has 12 nitrogen and oxygen atoms in total. The summed E-state index contributed by atoms with van der Waals surface area (Å²) in [6, 6.07) is -4.87. The highest BCUT2D eigenvalue weighted by molar-refractivity contribution is 7.98. The van der Waals surface area contributed by atoms with E-state index in [1.165, 1.54) is 11.8 Å². The maximum absolute atomic E-state index is 12.6. The monoisotopic (exact) mass is 464 g/mol. The molecule has 178 valence electrons. The number of amides is 3. The maximum Gasteiger partial charge on any atom is 0.326 e. The molecule has 0 heterocycles. The smallest absolute Gasteiger partial charge is 0.326 e. The van der Waals surface area contributed by atoms with Crippen LogP contribution in [0.25, 0.3) is 0 Å². The second-order valence-electron chi connectivity index (χ2n) is 7.19. The van der Waals surface area contributed by atoms with Crippen molar-refractivity contribution < 1.29 is 39.3 Å². The van der Waals surface area contributed by atoms with E-state index in [0.29, 0.717) is 12.2 Å². The Kier molecular flexibility index (Phi) is 13.5. The van der Waals surface area contributed by atoms with Gasteiger partial charge in [-0.15, -0.1) is 0 Å². The van der Waals surface area contributed by atoms with E-state index in [1.807, 2.05) is 6.26 Å². The zero-order valence-corrected chi connectivity index (χ0v) is 18.6. The Bertz CT molecular complexity index is 646. The molecule has 0 fully saturated rings. The summed E-state index contributed by atoms with van der Waals surface area (Å²) >= 11 is 1.52. The molecule has 0 aromatic heterocycles. The van der Waals surface area contributed by atoms with Gasteiger partial charge in [-0.3, -0.25) is 19.2 Å². The van der Waals surface area contributed by atoms with Crippen molar-refractivity contribution in [1.82, 2.24) is 16.0 Å². The number of carbonyl (C=O) groups excluding carboxylic acids is 3. The number of hydrogen-bond acceptors (Lipinski definition) is 8. The van der Waals surface area contributed by atoms with Crippen LogP contribution >= 0.6 is 11.8 Å². The predicted molar refractivity (Wildman–Crippen MR) is 113 cm³/mol. The van der Waals surface area contributed by atoms with Gasteiger partial charge in [-0.05, 0) is 30.8 Å². The molecule has 0 aliphatic rings. The summed E-state index contributed by atoms with van der Waals surface area (Å²) in [7, 11) is 0. The molecular formula is C18H32N4O8S. The Morgan fingerprint density at radius 1 is 0.903 bits per heavy atom. The molecule has 0 aliphatic heterocycles. The maximum atomic E-state index is 12.6. The Morgan fingerprint density at radius 2 is 1.48 bits per heavy atom. The lowest BCUT2D eigenvalue weighted by Gasteiger charge is -2.26. The van der Waals surface area contributed by atoms with E-state index in [0.717, 1.165) is 0 Å². The first-order chi connectivity index (χ1) is 14.4. The van der Waals surface area contributed by atoms with Crippen molar-refractivity contribution in [3.05, 3.63) is 0 Å². The van der Waals surface area contributed by atoms with E-state index in [4.69, 9.17) is 15.9 Å². The van der Waals surface area contributed by atoms with Gasteiger partial charge in [-0.1, -0.05) is 13.8 Å². The number of hydrogen-bond donors (Lipinski definition) is 7. The minimum atomic E-state index is -1.51. The lowest BCUT2D eigenvalue weighted by atomic mass is 10.0. The normalized spacial score (nSPS) is 14.8. The van der Waals surface area contributed by atoms with Crippen molar-refractivity contribution in [3.63, 3.8) is 0 Å². The molecule has 0 aromatic rings. The summed E-state index contributed by atoms with van der Waals surface area (Å²) in [5, 5.41) is 34.2. The summed E-state index contributed by atoms with van der Waals surface area (Å²) in [6.07, 6.45) is 1.41. The van der Waals surface area contributed by atoms with Gasteiger partial charge in [-0.2, -0.15) is 11.8 Å². The number of carbonyl (C=O) groups is 5. The van der Waals surface area contributed by atoms with E-state index >= 15 is 0 Å². The van der Waals surface area contributed by atoms with Crippen molar-refractivity contribution in [2.75, 3.05) is 18.6 Å². The molecule has 4 unspecified atom stereocenters. The van der Waals surface area contributed by atoms with E-state index in [1.54, 1.807) is 13.8 Å². The van der Waals surface area contributed by atoms with Crippen LogP contribution < -0.4 is 21.7 Å². The highest BCUT2D eigenvalue weighted by atomic mass is 32.2. The van der Waals surface area contributed by atoms with Gasteiger partial charge >= 0.3 is 11.9 Å². The Hall–Kier alpha value is -2.38. The minimum absolute atomic E-state index is 0.374. The van der Waals surface area contributed by atoms with Gasteiger partial charge in [0.25, 0.3) is 0 Å². The van der Waals surface area contributed by atoms with Gasteiger partial charge in [0.05, 0.1) is 12.6 Å². The van der Waals surface area contributed by atoms with Crippen LogP contribution in [0.15, 0.2) is 0 Å². The van der Waals surface area contributed by atoms with Crippen molar-refractivity contribution in [2.24, 2.45) is 11.7 Å². The van der Waals surface area contributed by atoms with E-state index in [9.17, 15) is 29.1 Å². The van der Waals surface area contributed by atoms with Crippen LogP contribution in [-0.2, 0) is 24.0 Å². The molecule has 0 spiro atoms. The van der Waals surface area contributed by atoms with Crippen LogP contribution in [0.3, 0.4) is 0 Å². The van der Waals surface area contributed by atoms with Gasteiger partial charge in [0, 0.05) is 6.42 Å². The summed E-state index contributed by atoms with van der Waals surface area (Å²) in [6.45, 7) is 2.49. The molecule has 0 bridgehead atoms. The van der Waals surface area contributed by atoms with Crippen LogP contribution in [0.5, 0.6) is 0 Å². The molecule has 4 atom stereocenters. The predicted octanol–water partition coefficient (Wildman–Crippen LogP) is -1.88. The second kappa shape index (κ2) is 14.6. The number of nitrogens with two attached hydrogens (primary N) is 1. The molecule has 0 radical (unpaired) electrons. The Morgan fingerprint density at radius 3 is 1.94 bits per heavy atom. The zero-order valence-electron chi connectivity index (χ0n) is 17.8. The minimum Gasteiger partial charge on any atom is -0.481 e. The van der Waals surface area contributed by atoms with Crippen LogP contribution in [0, 0.1) is 5.92 Å². The number of aliphatic carboxylic acids is 2. The lowest BCUT2D eigenvalue weighted by Crippen LogP contribution is -2.59. The molecule has 0 aromatic carbocycles. The topological polar surface area (TPSA) is 208 Å². The first-order valence-electron chi connectivity index (χ1n) is 9.65. The van der Waals surface area contributed by atoms with Crippen molar-refractivity contribution in [3.8, 4) is 0 Å². The first kappa shape index (κ1) is 28.6. The quantitative estimate of drug-likeness (QED) is 0.143. The SMILES string of the molecule is CSCCC(N)C(=O)NC(C(=O)NC(CO)C(=O)NC(CCC(=O)O)C(=O)O)C(C)C. The third-order valence-electron chi connectivity index (χ3n) is 4.29. The molecule has 31 heavy (non-hydrogen) atoms. The Labute approximate surface area is 184 Å². The molecule has 8 N–H and O–H groups in total. The number of carboxylic acid groups (broad SMARTS) is 2. The van der Waals surface area contributed by atoms with Gasteiger partial charge in [0.15, 0.2) is 0 Å². The zero-order chi connectivity index (χ0) is 24.1. The van der Waals surface area contributed by atoms with Crippen LogP contribution in [0.2, 0.25) is 0 Å². The molecule has 13 heteroatoms. The standard InChI is InChI=1S/C18H32N4O8S/c1-9(2)14(22-15(26)10(19)6-7-31-3)17(28)21-12(8-23)16(27)20-11(18(29)30)4-5-13(24)25/h9-12,14,23H,4-8,19H2,1-3H3,(H,20,27)(H,21,28)(H,22,26)(H,24,25)(H,29,30). The fraction of sp³-hybridized carbons (Fsp3) is 0.722. The highest BCUT2D eigenvalue weighted by Gasteiger charge is 2.31. The van der Waals surface area contributed by atoms with Crippen LogP contribution in [0.4, 0.5) is 0 Å². The first-order valence-corrected chi connectivity index (χ1v) is 11.0. The van der Waals surface area contributed by atoms with E-state index < -0.39 is 66.9 Å². The second-order valence-corrected chi connectivity index (χ2v) is 8.18. The molecule has 0 rings (SSSR count). The molecule has 0 saturated carbocycles. The molecule has 0 aliphatic carbocycles. The van der Waals surface area contributed by atoms with Gasteiger partial charge < -0.3 is 37.0 Å². The average molecular weight is 465 g/mol. The number of nitrogens with one attached hydrogen (secondary N) is 3. The van der Waals surface area contributed by atoms with Gasteiger partial charge in [0.1, 0.15) is 18.1 Å². The number of aliphatic hydroxyl groups is 1.